The van der Waals surface area contributed by atoms with Gasteiger partial charge in [-0.05, 0) is 24.3 Å². The lowest BCUT2D eigenvalue weighted by Gasteiger charge is -2.15. The number of anilines is 1. The average Bonchev–Trinajstić information content (AvgIpc) is 2.47. The molecule has 0 radical (unpaired) electrons. The minimum Gasteiger partial charge on any atom is -0.457 e. The fourth-order valence-electron chi connectivity index (χ4n) is 1.55. The molecule has 0 aliphatic heterocycles. The molecule has 1 N–H and O–H groups in total. The van der Waals surface area contributed by atoms with Crippen LogP contribution in [0.1, 0.15) is 0 Å². The number of hydrogen-bond acceptors (Lipinski definition) is 3. The molecule has 0 heterocycles. The molecule has 0 aromatic heterocycles. The van der Waals surface area contributed by atoms with Gasteiger partial charge in [-0.3, -0.25) is 4.84 Å². The van der Waals surface area contributed by atoms with Gasteiger partial charge >= 0.3 is 6.03 Å². The maximum Gasteiger partial charge on any atom is 0.345 e. The number of ether oxygens (including phenoxy) is 1. The summed E-state index contributed by atoms with van der Waals surface area (Å²) >= 11 is 0. The summed E-state index contributed by atoms with van der Waals surface area (Å²) in [5.41, 5.74) is 0.632. The molecular weight excluding hydrogens is 256 g/mol. The number of nitrogens with zero attached hydrogens (tertiary/aromatic N) is 1. The Balaban J connectivity index is 2.06. The summed E-state index contributed by atoms with van der Waals surface area (Å²) in [5.74, 6) is 1.39. The third kappa shape index (κ3) is 3.73. The van der Waals surface area contributed by atoms with E-state index in [4.69, 9.17) is 9.57 Å². The fraction of sp³-hybridized carbons (Fsp3) is 0.133. The number of urea groups is 1. The van der Waals surface area contributed by atoms with Gasteiger partial charge in [0, 0.05) is 18.8 Å². The first-order valence-electron chi connectivity index (χ1n) is 6.11. The highest BCUT2D eigenvalue weighted by molar-refractivity contribution is 5.88. The smallest absolute Gasteiger partial charge is 0.345 e. The van der Waals surface area contributed by atoms with Gasteiger partial charge in [0.15, 0.2) is 0 Å². The van der Waals surface area contributed by atoms with Gasteiger partial charge in [-0.1, -0.05) is 24.3 Å². The van der Waals surface area contributed by atoms with Crippen LogP contribution in [-0.4, -0.2) is 25.3 Å². The molecule has 5 nitrogen and oxygen atoms in total. The van der Waals surface area contributed by atoms with E-state index >= 15 is 0 Å². The molecule has 0 saturated heterocycles. The molecule has 0 saturated carbocycles. The van der Waals surface area contributed by atoms with Gasteiger partial charge in [0.1, 0.15) is 11.5 Å². The van der Waals surface area contributed by atoms with E-state index in [9.17, 15) is 4.79 Å². The zero-order valence-electron chi connectivity index (χ0n) is 11.4. The van der Waals surface area contributed by atoms with Crippen molar-refractivity contribution in [2.75, 3.05) is 19.5 Å². The summed E-state index contributed by atoms with van der Waals surface area (Å²) < 4.78 is 5.69. The summed E-state index contributed by atoms with van der Waals surface area (Å²) in [6.07, 6.45) is 0. The molecule has 5 heteroatoms. The Morgan fingerprint density at radius 1 is 1.05 bits per heavy atom. The molecule has 2 rings (SSSR count). The predicted octanol–water partition coefficient (Wildman–Crippen LogP) is 3.50. The van der Waals surface area contributed by atoms with E-state index in [-0.39, 0.29) is 6.03 Å². The summed E-state index contributed by atoms with van der Waals surface area (Å²) in [6.45, 7) is 0. The molecule has 0 aliphatic rings. The molecule has 0 spiro atoms. The van der Waals surface area contributed by atoms with E-state index in [1.807, 2.05) is 36.4 Å². The molecule has 0 unspecified atom stereocenters. The third-order valence-corrected chi connectivity index (χ3v) is 2.62. The minimum atomic E-state index is -0.357. The zero-order chi connectivity index (χ0) is 14.4. The van der Waals surface area contributed by atoms with Crippen LogP contribution in [-0.2, 0) is 4.84 Å². The highest BCUT2D eigenvalue weighted by Crippen LogP contribution is 2.23. The van der Waals surface area contributed by atoms with Crippen molar-refractivity contribution in [3.8, 4) is 11.5 Å². The van der Waals surface area contributed by atoms with Crippen molar-refractivity contribution in [3.05, 3.63) is 54.6 Å². The normalized spacial score (nSPS) is 9.90. The number of benzene rings is 2. The second-order valence-corrected chi connectivity index (χ2v) is 4.05. The van der Waals surface area contributed by atoms with Crippen LogP contribution in [0.5, 0.6) is 11.5 Å². The maximum absolute atomic E-state index is 11.7. The predicted molar refractivity (Wildman–Crippen MR) is 76.7 cm³/mol. The number of para-hydroxylation sites is 1. The van der Waals surface area contributed by atoms with Crippen molar-refractivity contribution in [1.82, 2.24) is 5.06 Å². The van der Waals surface area contributed by atoms with Crippen LogP contribution < -0.4 is 10.1 Å². The molecule has 0 atom stereocenters. The molecule has 0 fully saturated rings. The molecule has 20 heavy (non-hydrogen) atoms. The Morgan fingerprint density at radius 3 is 2.45 bits per heavy atom. The number of hydroxylamine groups is 2. The van der Waals surface area contributed by atoms with E-state index in [1.165, 1.54) is 14.2 Å². The van der Waals surface area contributed by atoms with Crippen LogP contribution in [0.4, 0.5) is 10.5 Å². The van der Waals surface area contributed by atoms with Crippen LogP contribution in [0.3, 0.4) is 0 Å². The zero-order valence-corrected chi connectivity index (χ0v) is 11.4. The second kappa shape index (κ2) is 6.58. The van der Waals surface area contributed by atoms with Crippen LogP contribution in [0, 0.1) is 0 Å². The van der Waals surface area contributed by atoms with Crippen molar-refractivity contribution in [2.24, 2.45) is 0 Å². The van der Waals surface area contributed by atoms with E-state index in [0.717, 1.165) is 10.8 Å². The lowest BCUT2D eigenvalue weighted by Crippen LogP contribution is -2.30. The van der Waals surface area contributed by atoms with E-state index in [1.54, 1.807) is 18.2 Å². The standard InChI is InChI=1S/C15H16N2O3/c1-17(19-2)15(18)16-12-7-6-10-14(11-12)20-13-8-4-3-5-9-13/h3-11H,1-2H3,(H,16,18). The highest BCUT2D eigenvalue weighted by Gasteiger charge is 2.08. The Labute approximate surface area is 117 Å². The van der Waals surface area contributed by atoms with Gasteiger partial charge < -0.3 is 10.1 Å². The van der Waals surface area contributed by atoms with Crippen molar-refractivity contribution in [3.63, 3.8) is 0 Å². The van der Waals surface area contributed by atoms with Crippen molar-refractivity contribution in [2.45, 2.75) is 0 Å². The Morgan fingerprint density at radius 2 is 1.75 bits per heavy atom. The summed E-state index contributed by atoms with van der Waals surface area (Å²) in [7, 11) is 2.95. The van der Waals surface area contributed by atoms with E-state index in [0.29, 0.717) is 11.4 Å². The number of amides is 2. The van der Waals surface area contributed by atoms with Gasteiger partial charge in [0.25, 0.3) is 0 Å². The van der Waals surface area contributed by atoms with Crippen LogP contribution >= 0.6 is 0 Å². The van der Waals surface area contributed by atoms with Crippen molar-refractivity contribution < 1.29 is 14.4 Å². The number of rotatable bonds is 4. The van der Waals surface area contributed by atoms with E-state index in [2.05, 4.69) is 5.32 Å². The molecule has 2 aromatic rings. The summed E-state index contributed by atoms with van der Waals surface area (Å²) in [4.78, 5) is 16.5. The molecule has 104 valence electrons. The first kappa shape index (κ1) is 13.9. The average molecular weight is 272 g/mol. The SMILES string of the molecule is CON(C)C(=O)Nc1cccc(Oc2ccccc2)c1. The van der Waals surface area contributed by atoms with Gasteiger partial charge in [0.2, 0.25) is 0 Å². The first-order chi connectivity index (χ1) is 9.69. The number of nitrogens with one attached hydrogen (secondary N) is 1. The van der Waals surface area contributed by atoms with Crippen LogP contribution in [0.15, 0.2) is 54.6 Å². The van der Waals surface area contributed by atoms with Crippen LogP contribution in [0.2, 0.25) is 0 Å². The molecule has 0 bridgehead atoms. The molecule has 2 amide bonds. The monoisotopic (exact) mass is 272 g/mol. The highest BCUT2D eigenvalue weighted by atomic mass is 16.7. The largest absolute Gasteiger partial charge is 0.457 e. The van der Waals surface area contributed by atoms with Crippen molar-refractivity contribution in [1.29, 1.82) is 0 Å². The van der Waals surface area contributed by atoms with Gasteiger partial charge in [-0.15, -0.1) is 0 Å². The molecule has 0 aliphatic carbocycles. The Bertz CT molecular complexity index is 572. The second-order valence-electron chi connectivity index (χ2n) is 4.05. The number of carbonyl (C=O) groups is 1. The summed E-state index contributed by atoms with van der Waals surface area (Å²) in [5, 5.41) is 3.80. The number of carbonyl (C=O) groups excluding carboxylic acids is 1. The van der Waals surface area contributed by atoms with Gasteiger partial charge in [0.05, 0.1) is 7.11 Å². The summed E-state index contributed by atoms with van der Waals surface area (Å²) in [6, 6.07) is 16.2. The third-order valence-electron chi connectivity index (χ3n) is 2.62. The fourth-order valence-corrected chi connectivity index (χ4v) is 1.55. The lowest BCUT2D eigenvalue weighted by atomic mass is 10.3. The quantitative estimate of drug-likeness (QED) is 0.866. The minimum absolute atomic E-state index is 0.357. The lowest BCUT2D eigenvalue weighted by molar-refractivity contribution is -0.0598. The van der Waals surface area contributed by atoms with Gasteiger partial charge in [-0.2, -0.15) is 0 Å². The Hall–Kier alpha value is -2.53. The molecule has 2 aromatic carbocycles. The van der Waals surface area contributed by atoms with E-state index < -0.39 is 0 Å². The van der Waals surface area contributed by atoms with Crippen LogP contribution in [0.25, 0.3) is 0 Å². The maximum atomic E-state index is 11.7. The topological polar surface area (TPSA) is 50.8 Å². The first-order valence-corrected chi connectivity index (χ1v) is 6.11. The Kier molecular flexibility index (Phi) is 4.57. The van der Waals surface area contributed by atoms with Crippen molar-refractivity contribution >= 4 is 11.7 Å². The van der Waals surface area contributed by atoms with Gasteiger partial charge in [-0.25, -0.2) is 9.86 Å². The molecular formula is C15H16N2O3. The number of hydrogen-bond donors (Lipinski definition) is 1.